The molecule has 106 valence electrons. The third-order valence-corrected chi connectivity index (χ3v) is 4.31. The summed E-state index contributed by atoms with van der Waals surface area (Å²) >= 11 is 7.39. The second kappa shape index (κ2) is 6.77. The van der Waals surface area contributed by atoms with Crippen molar-refractivity contribution in [3.63, 3.8) is 0 Å². The molecule has 3 nitrogen and oxygen atoms in total. The third kappa shape index (κ3) is 3.74. The number of rotatable bonds is 5. The van der Waals surface area contributed by atoms with Crippen LogP contribution in [0.5, 0.6) is 0 Å². The quantitative estimate of drug-likeness (QED) is 0.863. The lowest BCUT2D eigenvalue weighted by Crippen LogP contribution is -2.26. The van der Waals surface area contributed by atoms with E-state index in [0.717, 1.165) is 21.4 Å². The summed E-state index contributed by atoms with van der Waals surface area (Å²) in [5, 5.41) is 6.17. The molecule has 0 aliphatic rings. The number of hydrogen-bond acceptors (Lipinski definition) is 3. The van der Waals surface area contributed by atoms with Gasteiger partial charge in [0.05, 0.1) is 10.4 Å². The molecule has 1 atom stereocenters. The van der Waals surface area contributed by atoms with Gasteiger partial charge in [-0.3, -0.25) is 4.79 Å². The third-order valence-electron chi connectivity index (χ3n) is 2.90. The van der Waals surface area contributed by atoms with Gasteiger partial charge in [-0.15, -0.1) is 11.3 Å². The first-order valence-electron chi connectivity index (χ1n) is 6.50. The van der Waals surface area contributed by atoms with Crippen molar-refractivity contribution in [3.05, 3.63) is 51.2 Å². The normalized spacial score (nSPS) is 11.9. The van der Waals surface area contributed by atoms with Crippen LogP contribution in [0.2, 0.25) is 4.34 Å². The molecule has 0 radical (unpaired) electrons. The Bertz CT molecular complexity index is 580. The van der Waals surface area contributed by atoms with Gasteiger partial charge in [0, 0.05) is 22.7 Å². The van der Waals surface area contributed by atoms with E-state index in [9.17, 15) is 4.79 Å². The second-order valence-electron chi connectivity index (χ2n) is 4.44. The highest BCUT2D eigenvalue weighted by Crippen LogP contribution is 2.26. The summed E-state index contributed by atoms with van der Waals surface area (Å²) in [7, 11) is 0. The second-order valence-corrected chi connectivity index (χ2v) is 6.19. The fourth-order valence-electron chi connectivity index (χ4n) is 1.86. The Labute approximate surface area is 128 Å². The molecule has 5 heteroatoms. The summed E-state index contributed by atoms with van der Waals surface area (Å²) in [6.07, 6.45) is 0. The fourth-order valence-corrected chi connectivity index (χ4v) is 2.92. The van der Waals surface area contributed by atoms with Gasteiger partial charge in [0.2, 0.25) is 0 Å². The zero-order chi connectivity index (χ0) is 14.5. The van der Waals surface area contributed by atoms with E-state index >= 15 is 0 Å². The average Bonchev–Trinajstić information content (AvgIpc) is 2.86. The molecule has 1 aromatic carbocycles. The maximum Gasteiger partial charge on any atom is 0.251 e. The molecule has 2 N–H and O–H groups in total. The number of hydrogen-bond donors (Lipinski definition) is 2. The summed E-state index contributed by atoms with van der Waals surface area (Å²) in [4.78, 5) is 13.2. The van der Waals surface area contributed by atoms with Crippen molar-refractivity contribution in [3.8, 4) is 0 Å². The van der Waals surface area contributed by atoms with E-state index in [4.69, 9.17) is 11.6 Å². The maximum atomic E-state index is 12.1. The van der Waals surface area contributed by atoms with Crippen LogP contribution in [0, 0.1) is 0 Å². The molecule has 2 rings (SSSR count). The first-order valence-corrected chi connectivity index (χ1v) is 7.69. The molecule has 0 saturated carbocycles. The highest BCUT2D eigenvalue weighted by atomic mass is 35.5. The van der Waals surface area contributed by atoms with Gasteiger partial charge >= 0.3 is 0 Å². The van der Waals surface area contributed by atoms with E-state index in [2.05, 4.69) is 10.6 Å². The lowest BCUT2D eigenvalue weighted by Gasteiger charge is -2.12. The van der Waals surface area contributed by atoms with Crippen molar-refractivity contribution >= 4 is 34.5 Å². The number of carbonyl (C=O) groups excluding carboxylic acids is 1. The molecule has 1 aromatic heterocycles. The van der Waals surface area contributed by atoms with E-state index in [1.165, 1.54) is 11.3 Å². The Morgan fingerprint density at radius 1 is 1.25 bits per heavy atom. The van der Waals surface area contributed by atoms with Crippen molar-refractivity contribution in [1.82, 2.24) is 5.32 Å². The predicted molar refractivity (Wildman–Crippen MR) is 85.8 cm³/mol. The van der Waals surface area contributed by atoms with Gasteiger partial charge in [-0.2, -0.15) is 0 Å². The van der Waals surface area contributed by atoms with Crippen LogP contribution in [0.15, 0.2) is 36.4 Å². The SMILES string of the molecule is CCNc1ccc(C(=O)NC(C)c2ccc(Cl)s2)cc1. The average molecular weight is 309 g/mol. The van der Waals surface area contributed by atoms with Crippen LogP contribution in [-0.2, 0) is 0 Å². The van der Waals surface area contributed by atoms with E-state index in [1.807, 2.05) is 50.2 Å². The Hall–Kier alpha value is -1.52. The van der Waals surface area contributed by atoms with Gasteiger partial charge in [-0.25, -0.2) is 0 Å². The van der Waals surface area contributed by atoms with Crippen LogP contribution in [0.4, 0.5) is 5.69 Å². The molecular weight excluding hydrogens is 292 g/mol. The molecule has 0 aliphatic carbocycles. The Morgan fingerprint density at radius 3 is 2.50 bits per heavy atom. The number of nitrogens with one attached hydrogen (secondary N) is 2. The fraction of sp³-hybridized carbons (Fsp3) is 0.267. The van der Waals surface area contributed by atoms with E-state index < -0.39 is 0 Å². The van der Waals surface area contributed by atoms with E-state index in [-0.39, 0.29) is 11.9 Å². The summed E-state index contributed by atoms with van der Waals surface area (Å²) < 4.78 is 0.732. The van der Waals surface area contributed by atoms with Crippen molar-refractivity contribution < 1.29 is 4.79 Å². The van der Waals surface area contributed by atoms with Gasteiger partial charge in [-0.05, 0) is 50.2 Å². The molecular formula is C15H17ClN2OS. The molecule has 0 spiro atoms. The topological polar surface area (TPSA) is 41.1 Å². The zero-order valence-corrected chi connectivity index (χ0v) is 13.0. The number of amides is 1. The number of carbonyl (C=O) groups is 1. The smallest absolute Gasteiger partial charge is 0.251 e. The highest BCUT2D eigenvalue weighted by molar-refractivity contribution is 7.16. The van der Waals surface area contributed by atoms with Crippen molar-refractivity contribution in [2.24, 2.45) is 0 Å². The monoisotopic (exact) mass is 308 g/mol. The lowest BCUT2D eigenvalue weighted by molar-refractivity contribution is 0.0940. The van der Waals surface area contributed by atoms with Gasteiger partial charge < -0.3 is 10.6 Å². The molecule has 0 bridgehead atoms. The Balaban J connectivity index is 2.00. The zero-order valence-electron chi connectivity index (χ0n) is 11.4. The molecule has 1 unspecified atom stereocenters. The number of halogens is 1. The molecule has 0 saturated heterocycles. The minimum absolute atomic E-state index is 0.0477. The highest BCUT2D eigenvalue weighted by Gasteiger charge is 2.13. The molecule has 0 aliphatic heterocycles. The van der Waals surface area contributed by atoms with Crippen molar-refractivity contribution in [2.45, 2.75) is 19.9 Å². The predicted octanol–water partition coefficient (Wildman–Crippen LogP) is 4.32. The van der Waals surface area contributed by atoms with Gasteiger partial charge in [0.25, 0.3) is 5.91 Å². The van der Waals surface area contributed by atoms with Gasteiger partial charge in [0.15, 0.2) is 0 Å². The largest absolute Gasteiger partial charge is 0.385 e. The van der Waals surface area contributed by atoms with Gasteiger partial charge in [0.1, 0.15) is 0 Å². The first kappa shape index (κ1) is 14.9. The number of anilines is 1. The number of thiophene rings is 1. The van der Waals surface area contributed by atoms with E-state index in [0.29, 0.717) is 5.56 Å². The maximum absolute atomic E-state index is 12.1. The molecule has 20 heavy (non-hydrogen) atoms. The standard InChI is InChI=1S/C15H17ClN2OS/c1-3-17-12-6-4-11(5-7-12)15(19)18-10(2)13-8-9-14(16)20-13/h4-10,17H,3H2,1-2H3,(H,18,19). The van der Waals surface area contributed by atoms with Crippen LogP contribution in [0.25, 0.3) is 0 Å². The van der Waals surface area contributed by atoms with E-state index in [1.54, 1.807) is 0 Å². The van der Waals surface area contributed by atoms with Crippen LogP contribution in [0.1, 0.15) is 35.1 Å². The molecule has 0 fully saturated rings. The first-order chi connectivity index (χ1) is 9.60. The Kier molecular flexibility index (Phi) is 5.04. The van der Waals surface area contributed by atoms with Crippen LogP contribution < -0.4 is 10.6 Å². The minimum atomic E-state index is -0.0786. The van der Waals surface area contributed by atoms with Crippen LogP contribution in [-0.4, -0.2) is 12.5 Å². The minimum Gasteiger partial charge on any atom is -0.385 e. The Morgan fingerprint density at radius 2 is 1.95 bits per heavy atom. The summed E-state index contributed by atoms with van der Waals surface area (Å²) in [6, 6.07) is 11.2. The van der Waals surface area contributed by atoms with Crippen LogP contribution >= 0.6 is 22.9 Å². The summed E-state index contributed by atoms with van der Waals surface area (Å²) in [5.41, 5.74) is 1.67. The molecule has 1 heterocycles. The molecule has 1 amide bonds. The summed E-state index contributed by atoms with van der Waals surface area (Å²) in [5.74, 6) is -0.0786. The number of benzene rings is 1. The van der Waals surface area contributed by atoms with Crippen molar-refractivity contribution in [2.75, 3.05) is 11.9 Å². The lowest BCUT2D eigenvalue weighted by atomic mass is 10.1. The summed E-state index contributed by atoms with van der Waals surface area (Å²) in [6.45, 7) is 4.85. The van der Waals surface area contributed by atoms with Gasteiger partial charge in [-0.1, -0.05) is 11.6 Å². The molecule has 2 aromatic rings. The van der Waals surface area contributed by atoms with Crippen LogP contribution in [0.3, 0.4) is 0 Å². The van der Waals surface area contributed by atoms with Crippen molar-refractivity contribution in [1.29, 1.82) is 0 Å².